The van der Waals surface area contributed by atoms with Gasteiger partial charge in [-0.2, -0.15) is 0 Å². The van der Waals surface area contributed by atoms with Crippen LogP contribution < -0.4 is 5.32 Å². The summed E-state index contributed by atoms with van der Waals surface area (Å²) in [6.07, 6.45) is 3.02. The molecule has 1 N–H and O–H groups in total. The van der Waals surface area contributed by atoms with E-state index in [4.69, 9.17) is 19.2 Å². The van der Waals surface area contributed by atoms with Crippen molar-refractivity contribution in [3.8, 4) is 0 Å². The van der Waals surface area contributed by atoms with Gasteiger partial charge in [-0.25, -0.2) is 4.39 Å². The highest BCUT2D eigenvalue weighted by Gasteiger charge is 2.22. The number of piperidine rings is 1. The SMILES string of the molecule is CCNC(=NCC(OC)c1ccc(F)cc1)N1CCC(OCCCOC)CC1.I. The Labute approximate surface area is 191 Å². The lowest BCUT2D eigenvalue weighted by molar-refractivity contribution is 0.00984. The van der Waals surface area contributed by atoms with Gasteiger partial charge in [0.25, 0.3) is 0 Å². The zero-order valence-corrected chi connectivity index (χ0v) is 20.1. The Morgan fingerprint density at radius 3 is 2.48 bits per heavy atom. The quantitative estimate of drug-likeness (QED) is 0.220. The molecule has 166 valence electrons. The molecule has 1 saturated heterocycles. The van der Waals surface area contributed by atoms with Crippen LogP contribution >= 0.6 is 24.0 Å². The van der Waals surface area contributed by atoms with Gasteiger partial charge in [-0.3, -0.25) is 4.99 Å². The molecule has 8 heteroatoms. The Balaban J connectivity index is 0.00000420. The van der Waals surface area contributed by atoms with Crippen molar-refractivity contribution in [2.45, 2.75) is 38.4 Å². The Kier molecular flexibility index (Phi) is 13.4. The highest BCUT2D eigenvalue weighted by Crippen LogP contribution is 2.18. The van der Waals surface area contributed by atoms with Crippen LogP contribution in [0.5, 0.6) is 0 Å². The molecule has 1 fully saturated rings. The van der Waals surface area contributed by atoms with Crippen molar-refractivity contribution in [1.82, 2.24) is 10.2 Å². The minimum Gasteiger partial charge on any atom is -0.385 e. The summed E-state index contributed by atoms with van der Waals surface area (Å²) in [5.41, 5.74) is 0.923. The lowest BCUT2D eigenvalue weighted by atomic mass is 10.1. The summed E-state index contributed by atoms with van der Waals surface area (Å²) < 4.78 is 29.7. The third-order valence-corrected chi connectivity index (χ3v) is 4.86. The fourth-order valence-corrected chi connectivity index (χ4v) is 3.28. The molecule has 29 heavy (non-hydrogen) atoms. The van der Waals surface area contributed by atoms with Crippen molar-refractivity contribution in [2.24, 2.45) is 4.99 Å². The van der Waals surface area contributed by atoms with E-state index in [0.717, 1.165) is 63.6 Å². The van der Waals surface area contributed by atoms with Crippen LogP contribution in [0.4, 0.5) is 4.39 Å². The fraction of sp³-hybridized carbons (Fsp3) is 0.667. The number of nitrogens with zero attached hydrogens (tertiary/aromatic N) is 2. The molecule has 1 aromatic carbocycles. The van der Waals surface area contributed by atoms with E-state index < -0.39 is 0 Å². The highest BCUT2D eigenvalue weighted by atomic mass is 127. The van der Waals surface area contributed by atoms with Crippen LogP contribution in [0.2, 0.25) is 0 Å². The van der Waals surface area contributed by atoms with Gasteiger partial charge in [0.05, 0.1) is 12.6 Å². The van der Waals surface area contributed by atoms with Gasteiger partial charge in [0.15, 0.2) is 5.96 Å². The molecule has 1 unspecified atom stereocenters. The number of hydrogen-bond donors (Lipinski definition) is 1. The zero-order chi connectivity index (χ0) is 20.2. The molecule has 1 aliphatic heterocycles. The van der Waals surface area contributed by atoms with Gasteiger partial charge in [-0.1, -0.05) is 12.1 Å². The smallest absolute Gasteiger partial charge is 0.194 e. The van der Waals surface area contributed by atoms with Gasteiger partial charge >= 0.3 is 0 Å². The average molecular weight is 523 g/mol. The Morgan fingerprint density at radius 1 is 1.21 bits per heavy atom. The summed E-state index contributed by atoms with van der Waals surface area (Å²) >= 11 is 0. The second-order valence-corrected chi connectivity index (χ2v) is 6.87. The number of rotatable bonds is 10. The van der Waals surface area contributed by atoms with Crippen LogP contribution in [-0.2, 0) is 14.2 Å². The predicted molar refractivity (Wildman–Crippen MR) is 125 cm³/mol. The number of ether oxygens (including phenoxy) is 3. The minimum absolute atomic E-state index is 0. The van der Waals surface area contributed by atoms with Crippen LogP contribution in [0.25, 0.3) is 0 Å². The maximum absolute atomic E-state index is 13.2. The van der Waals surface area contributed by atoms with Crippen molar-refractivity contribution in [3.63, 3.8) is 0 Å². The first-order chi connectivity index (χ1) is 13.7. The molecule has 1 aliphatic rings. The van der Waals surface area contributed by atoms with Gasteiger partial charge in [-0.05, 0) is 43.9 Å². The second-order valence-electron chi connectivity index (χ2n) is 6.87. The van der Waals surface area contributed by atoms with Crippen molar-refractivity contribution >= 4 is 29.9 Å². The fourth-order valence-electron chi connectivity index (χ4n) is 3.28. The maximum Gasteiger partial charge on any atom is 0.194 e. The number of likely N-dealkylation sites (tertiary alicyclic amines) is 1. The highest BCUT2D eigenvalue weighted by molar-refractivity contribution is 14.0. The number of aliphatic imine (C=N–C) groups is 1. The second kappa shape index (κ2) is 14.9. The summed E-state index contributed by atoms with van der Waals surface area (Å²) in [5.74, 6) is 0.646. The first kappa shape index (κ1) is 26.1. The Bertz CT molecular complexity index is 581. The average Bonchev–Trinajstić information content (AvgIpc) is 2.72. The summed E-state index contributed by atoms with van der Waals surface area (Å²) in [6.45, 7) is 6.67. The van der Waals surface area contributed by atoms with E-state index >= 15 is 0 Å². The summed E-state index contributed by atoms with van der Waals surface area (Å²) in [6, 6.07) is 6.40. The molecule has 0 aliphatic carbocycles. The number of benzene rings is 1. The summed E-state index contributed by atoms with van der Waals surface area (Å²) in [5, 5.41) is 3.37. The number of methoxy groups -OCH3 is 2. The summed E-state index contributed by atoms with van der Waals surface area (Å²) in [4.78, 5) is 7.05. The van der Waals surface area contributed by atoms with Gasteiger partial charge < -0.3 is 24.4 Å². The number of hydrogen-bond acceptors (Lipinski definition) is 4. The van der Waals surface area contributed by atoms with Crippen molar-refractivity contribution in [1.29, 1.82) is 0 Å². The topological polar surface area (TPSA) is 55.3 Å². The molecule has 0 spiro atoms. The number of nitrogens with one attached hydrogen (secondary N) is 1. The molecule has 1 heterocycles. The van der Waals surface area contributed by atoms with Gasteiger partial charge in [0.1, 0.15) is 11.9 Å². The van der Waals surface area contributed by atoms with Crippen molar-refractivity contribution in [3.05, 3.63) is 35.6 Å². The molecule has 0 amide bonds. The van der Waals surface area contributed by atoms with Crippen LogP contribution in [-0.4, -0.2) is 70.6 Å². The largest absolute Gasteiger partial charge is 0.385 e. The Morgan fingerprint density at radius 2 is 1.90 bits per heavy atom. The van der Waals surface area contributed by atoms with Crippen LogP contribution in [0, 0.1) is 5.82 Å². The van der Waals surface area contributed by atoms with Crippen molar-refractivity contribution < 1.29 is 18.6 Å². The molecule has 1 atom stereocenters. The number of guanidine groups is 1. The Hall–Kier alpha value is -0.970. The normalized spacial score (nSPS) is 16.4. The lowest BCUT2D eigenvalue weighted by Crippen LogP contribution is -2.47. The third kappa shape index (κ3) is 9.15. The van der Waals surface area contributed by atoms with E-state index in [0.29, 0.717) is 12.6 Å². The molecule has 0 saturated carbocycles. The van der Waals surface area contributed by atoms with Crippen LogP contribution in [0.15, 0.2) is 29.3 Å². The monoisotopic (exact) mass is 523 g/mol. The number of halogens is 2. The van der Waals surface area contributed by atoms with E-state index in [9.17, 15) is 4.39 Å². The summed E-state index contributed by atoms with van der Waals surface area (Å²) in [7, 11) is 3.37. The predicted octanol–water partition coefficient (Wildman–Crippen LogP) is 3.61. The standard InChI is InChI=1S/C21H34FN3O3.HI/c1-4-23-21(24-16-20(27-3)17-6-8-18(22)9-7-17)25-12-10-19(11-13-25)28-15-5-14-26-2;/h6-9,19-20H,4-5,10-16H2,1-3H3,(H,23,24);1H. The lowest BCUT2D eigenvalue weighted by Gasteiger charge is -2.34. The molecule has 0 radical (unpaired) electrons. The van der Waals surface area contributed by atoms with Crippen molar-refractivity contribution in [2.75, 3.05) is 53.6 Å². The third-order valence-electron chi connectivity index (χ3n) is 4.86. The molecule has 1 aromatic rings. The van der Waals surface area contributed by atoms with Crippen LogP contribution in [0.3, 0.4) is 0 Å². The molecule has 0 bridgehead atoms. The zero-order valence-electron chi connectivity index (χ0n) is 17.7. The van der Waals surface area contributed by atoms with E-state index in [1.165, 1.54) is 12.1 Å². The van der Waals surface area contributed by atoms with Gasteiger partial charge in [0.2, 0.25) is 0 Å². The maximum atomic E-state index is 13.2. The molecule has 6 nitrogen and oxygen atoms in total. The van der Waals surface area contributed by atoms with Crippen LogP contribution in [0.1, 0.15) is 37.9 Å². The first-order valence-electron chi connectivity index (χ1n) is 10.1. The van der Waals surface area contributed by atoms with Gasteiger partial charge in [-0.15, -0.1) is 24.0 Å². The van der Waals surface area contributed by atoms with Gasteiger partial charge in [0, 0.05) is 47.1 Å². The first-order valence-corrected chi connectivity index (χ1v) is 10.1. The van der Waals surface area contributed by atoms with E-state index in [1.807, 2.05) is 0 Å². The molecule has 0 aromatic heterocycles. The van der Waals surface area contributed by atoms with E-state index in [1.54, 1.807) is 26.4 Å². The molecular formula is C21H35FIN3O3. The van der Waals surface area contributed by atoms with E-state index in [-0.39, 0.29) is 35.9 Å². The molecule has 2 rings (SSSR count). The minimum atomic E-state index is -0.247. The van der Waals surface area contributed by atoms with E-state index in [2.05, 4.69) is 17.1 Å². The molecular weight excluding hydrogens is 488 g/mol.